The van der Waals surface area contributed by atoms with Crippen molar-refractivity contribution in [2.24, 2.45) is 0 Å². The molecule has 1 spiro atoms. The average molecular weight is 234 g/mol. The van der Waals surface area contributed by atoms with E-state index in [1.807, 2.05) is 6.20 Å². The van der Waals surface area contributed by atoms with Crippen molar-refractivity contribution in [1.29, 1.82) is 0 Å². The number of hydrogen-bond donors (Lipinski definition) is 0. The quantitative estimate of drug-likeness (QED) is 0.741. The molecule has 0 amide bonds. The minimum absolute atomic E-state index is 0.290. The van der Waals surface area contributed by atoms with Crippen LogP contribution in [0.25, 0.3) is 0 Å². The molecule has 2 saturated heterocycles. The van der Waals surface area contributed by atoms with Crippen molar-refractivity contribution in [1.82, 2.24) is 4.98 Å². The third-order valence-electron chi connectivity index (χ3n) is 3.56. The van der Waals surface area contributed by atoms with Crippen molar-refractivity contribution in [3.8, 4) is 0 Å². The zero-order chi connectivity index (χ0) is 11.7. The van der Waals surface area contributed by atoms with Crippen molar-refractivity contribution < 1.29 is 9.47 Å². The van der Waals surface area contributed by atoms with Crippen LogP contribution in [0, 0.1) is 6.92 Å². The van der Waals surface area contributed by atoms with Gasteiger partial charge in [0.05, 0.1) is 13.2 Å². The number of piperidine rings is 1. The summed E-state index contributed by atoms with van der Waals surface area (Å²) >= 11 is 0. The van der Waals surface area contributed by atoms with Crippen LogP contribution < -0.4 is 4.90 Å². The van der Waals surface area contributed by atoms with Crippen molar-refractivity contribution in [2.45, 2.75) is 25.6 Å². The smallest absolute Gasteiger partial charge is 0.171 e. The van der Waals surface area contributed by atoms with Gasteiger partial charge >= 0.3 is 0 Å². The fraction of sp³-hybridized carbons (Fsp3) is 0.615. The summed E-state index contributed by atoms with van der Waals surface area (Å²) in [5.41, 5.74) is 1.20. The molecule has 4 nitrogen and oxygen atoms in total. The molecular weight excluding hydrogens is 216 g/mol. The van der Waals surface area contributed by atoms with E-state index in [2.05, 4.69) is 28.9 Å². The van der Waals surface area contributed by atoms with Gasteiger partial charge in [-0.15, -0.1) is 0 Å². The lowest BCUT2D eigenvalue weighted by Crippen LogP contribution is -2.45. The molecule has 2 aliphatic rings. The average Bonchev–Trinajstić information content (AvgIpc) is 2.80. The van der Waals surface area contributed by atoms with Crippen LogP contribution in [0.5, 0.6) is 0 Å². The Morgan fingerprint density at radius 2 is 1.88 bits per heavy atom. The molecule has 0 N–H and O–H groups in total. The number of pyridine rings is 1. The van der Waals surface area contributed by atoms with E-state index < -0.39 is 0 Å². The molecule has 0 atom stereocenters. The molecule has 0 aliphatic carbocycles. The van der Waals surface area contributed by atoms with E-state index >= 15 is 0 Å². The lowest BCUT2D eigenvalue weighted by Gasteiger charge is -2.38. The van der Waals surface area contributed by atoms with Crippen molar-refractivity contribution in [2.75, 3.05) is 31.2 Å². The van der Waals surface area contributed by atoms with E-state index in [4.69, 9.17) is 9.47 Å². The minimum Gasteiger partial charge on any atom is -0.356 e. The molecule has 0 saturated carbocycles. The molecule has 2 aliphatic heterocycles. The third kappa shape index (κ3) is 2.15. The van der Waals surface area contributed by atoms with Gasteiger partial charge in [-0.2, -0.15) is 0 Å². The molecule has 3 heterocycles. The first-order valence-electron chi connectivity index (χ1n) is 6.23. The second kappa shape index (κ2) is 4.27. The Labute approximate surface area is 102 Å². The van der Waals surface area contributed by atoms with Crippen LogP contribution >= 0.6 is 0 Å². The zero-order valence-electron chi connectivity index (χ0n) is 10.2. The molecular formula is C13H18N2O2. The zero-order valence-corrected chi connectivity index (χ0v) is 10.2. The lowest BCUT2D eigenvalue weighted by atomic mass is 10.0. The normalized spacial score (nSPS) is 23.2. The molecule has 0 radical (unpaired) electrons. The van der Waals surface area contributed by atoms with Crippen molar-refractivity contribution in [3.63, 3.8) is 0 Å². The molecule has 92 valence electrons. The number of rotatable bonds is 1. The fourth-order valence-corrected chi connectivity index (χ4v) is 2.51. The van der Waals surface area contributed by atoms with Crippen LogP contribution in [0.3, 0.4) is 0 Å². The van der Waals surface area contributed by atoms with Crippen molar-refractivity contribution >= 4 is 5.82 Å². The van der Waals surface area contributed by atoms with Gasteiger partial charge in [0.25, 0.3) is 0 Å². The number of hydrogen-bond acceptors (Lipinski definition) is 4. The number of nitrogens with zero attached hydrogens (tertiary/aromatic N) is 2. The predicted molar refractivity (Wildman–Crippen MR) is 65.1 cm³/mol. The van der Waals surface area contributed by atoms with Gasteiger partial charge in [-0.05, 0) is 18.6 Å². The molecule has 2 fully saturated rings. The molecule has 0 unspecified atom stereocenters. The first-order valence-corrected chi connectivity index (χ1v) is 6.23. The van der Waals surface area contributed by atoms with E-state index in [0.717, 1.165) is 45.0 Å². The van der Waals surface area contributed by atoms with Crippen LogP contribution in [0.2, 0.25) is 0 Å². The lowest BCUT2D eigenvalue weighted by molar-refractivity contribution is -0.169. The highest BCUT2D eigenvalue weighted by Crippen LogP contribution is 2.32. The number of anilines is 1. The number of ether oxygens (including phenoxy) is 2. The van der Waals surface area contributed by atoms with Gasteiger partial charge in [0.1, 0.15) is 5.82 Å². The van der Waals surface area contributed by atoms with Gasteiger partial charge in [0, 0.05) is 32.1 Å². The van der Waals surface area contributed by atoms with E-state index in [9.17, 15) is 0 Å². The van der Waals surface area contributed by atoms with Gasteiger partial charge in [-0.25, -0.2) is 4.98 Å². The van der Waals surface area contributed by atoms with Crippen LogP contribution in [0.4, 0.5) is 5.82 Å². The van der Waals surface area contributed by atoms with Crippen molar-refractivity contribution in [3.05, 3.63) is 23.9 Å². The van der Waals surface area contributed by atoms with Gasteiger partial charge < -0.3 is 14.4 Å². The number of aromatic nitrogens is 1. The summed E-state index contributed by atoms with van der Waals surface area (Å²) < 4.78 is 11.4. The fourth-order valence-electron chi connectivity index (χ4n) is 2.51. The maximum absolute atomic E-state index is 5.72. The maximum atomic E-state index is 5.72. The summed E-state index contributed by atoms with van der Waals surface area (Å²) in [6, 6.07) is 4.19. The van der Waals surface area contributed by atoms with Crippen LogP contribution in [0.15, 0.2) is 18.3 Å². The number of aryl methyl sites for hydroxylation is 1. The summed E-state index contributed by atoms with van der Waals surface area (Å²) in [6.07, 6.45) is 3.79. The van der Waals surface area contributed by atoms with Gasteiger partial charge in [0.15, 0.2) is 5.79 Å². The first kappa shape index (κ1) is 11.0. The van der Waals surface area contributed by atoms with Gasteiger partial charge in [0.2, 0.25) is 0 Å². The Bertz CT molecular complexity index is 375. The third-order valence-corrected chi connectivity index (χ3v) is 3.56. The Morgan fingerprint density at radius 1 is 1.18 bits per heavy atom. The van der Waals surface area contributed by atoms with E-state index in [0.29, 0.717) is 0 Å². The second-order valence-electron chi connectivity index (χ2n) is 4.79. The Morgan fingerprint density at radius 3 is 2.47 bits per heavy atom. The first-order chi connectivity index (χ1) is 8.27. The van der Waals surface area contributed by atoms with Crippen LogP contribution in [0.1, 0.15) is 18.4 Å². The van der Waals surface area contributed by atoms with E-state index in [1.165, 1.54) is 5.56 Å². The summed E-state index contributed by atoms with van der Waals surface area (Å²) in [4.78, 5) is 6.76. The maximum Gasteiger partial charge on any atom is 0.171 e. The SMILES string of the molecule is Cc1ccc(N2CCC3(CC2)OCCO3)nc1. The Hall–Kier alpha value is -1.13. The van der Waals surface area contributed by atoms with E-state index in [-0.39, 0.29) is 5.79 Å². The Kier molecular flexibility index (Phi) is 2.76. The molecule has 1 aromatic rings. The molecule has 4 heteroatoms. The molecule has 1 aromatic heterocycles. The van der Waals surface area contributed by atoms with E-state index in [1.54, 1.807) is 0 Å². The molecule has 0 bridgehead atoms. The summed E-state index contributed by atoms with van der Waals surface area (Å²) in [5.74, 6) is 0.768. The van der Waals surface area contributed by atoms with Crippen LogP contribution in [-0.2, 0) is 9.47 Å². The highest BCUT2D eigenvalue weighted by atomic mass is 16.7. The predicted octanol–water partition coefficient (Wildman–Crippen LogP) is 1.73. The molecule has 3 rings (SSSR count). The largest absolute Gasteiger partial charge is 0.356 e. The second-order valence-corrected chi connectivity index (χ2v) is 4.79. The summed E-state index contributed by atoms with van der Waals surface area (Å²) in [5, 5.41) is 0. The molecule has 0 aromatic carbocycles. The Balaban J connectivity index is 1.66. The standard InChI is InChI=1S/C13H18N2O2/c1-11-2-3-12(14-10-11)15-6-4-13(5-7-15)16-8-9-17-13/h2-3,10H,4-9H2,1H3. The van der Waals surface area contributed by atoms with Gasteiger partial charge in [-0.3, -0.25) is 0 Å². The molecule has 17 heavy (non-hydrogen) atoms. The topological polar surface area (TPSA) is 34.6 Å². The minimum atomic E-state index is -0.290. The summed E-state index contributed by atoms with van der Waals surface area (Å²) in [6.45, 7) is 5.44. The highest BCUT2D eigenvalue weighted by molar-refractivity contribution is 5.39. The van der Waals surface area contributed by atoms with Gasteiger partial charge in [-0.1, -0.05) is 6.07 Å². The monoisotopic (exact) mass is 234 g/mol. The van der Waals surface area contributed by atoms with Crippen LogP contribution in [-0.4, -0.2) is 37.1 Å². The highest BCUT2D eigenvalue weighted by Gasteiger charge is 2.39. The summed E-state index contributed by atoms with van der Waals surface area (Å²) in [7, 11) is 0.